The van der Waals surface area contributed by atoms with E-state index in [-0.39, 0.29) is 54.8 Å². The van der Waals surface area contributed by atoms with Crippen molar-refractivity contribution in [3.63, 3.8) is 0 Å². The zero-order valence-corrected chi connectivity index (χ0v) is 17.7. The first-order chi connectivity index (χ1) is 11.8. The van der Waals surface area contributed by atoms with Crippen LogP contribution < -0.4 is 34.3 Å². The van der Waals surface area contributed by atoms with Crippen LogP contribution in [0.4, 0.5) is 0 Å². The average molecular weight is 396 g/mol. The molecule has 26 heavy (non-hydrogen) atoms. The fourth-order valence-electron chi connectivity index (χ4n) is 1.70. The first-order valence-electron chi connectivity index (χ1n) is 7.83. The minimum absolute atomic E-state index is 0. The Kier molecular flexibility index (Phi) is 12.7. The number of rotatable bonds is 11. The van der Waals surface area contributed by atoms with Gasteiger partial charge in [-0.05, 0) is 30.7 Å². The zero-order valence-electron chi connectivity index (χ0n) is 14.9. The normalized spacial score (nSPS) is 10.7. The van der Waals surface area contributed by atoms with Gasteiger partial charge in [0.2, 0.25) is 0 Å². The van der Waals surface area contributed by atoms with E-state index in [0.717, 1.165) is 25.0 Å². The maximum atomic E-state index is 11.6. The molecule has 1 aromatic rings. The molecular formula is C16H21NaO8S. The summed E-state index contributed by atoms with van der Waals surface area (Å²) in [5, 5.41) is 0. The number of esters is 2. The van der Waals surface area contributed by atoms with E-state index in [9.17, 15) is 22.6 Å². The number of hydrogen-bond donors (Lipinski definition) is 0. The van der Waals surface area contributed by atoms with Crippen molar-refractivity contribution in [3.05, 3.63) is 24.3 Å². The maximum absolute atomic E-state index is 11.6. The van der Waals surface area contributed by atoms with Crippen molar-refractivity contribution in [2.45, 2.75) is 37.5 Å². The number of carbonyl (C=O) groups is 2. The predicted octanol–water partition coefficient (Wildman–Crippen LogP) is -1.36. The molecule has 0 aromatic heterocycles. The minimum Gasteiger partial charge on any atom is -0.744 e. The quantitative estimate of drug-likeness (QED) is 0.148. The van der Waals surface area contributed by atoms with Crippen LogP contribution in [0.15, 0.2) is 29.2 Å². The molecule has 0 atom stereocenters. The molecule has 140 valence electrons. The fraction of sp³-hybridized carbons (Fsp3) is 0.500. The van der Waals surface area contributed by atoms with Gasteiger partial charge in [-0.25, -0.2) is 8.42 Å². The van der Waals surface area contributed by atoms with E-state index in [4.69, 9.17) is 14.2 Å². The molecule has 1 aromatic carbocycles. The van der Waals surface area contributed by atoms with E-state index >= 15 is 0 Å². The molecule has 0 bridgehead atoms. The van der Waals surface area contributed by atoms with Crippen LogP contribution in [0, 0.1) is 0 Å². The van der Waals surface area contributed by atoms with Crippen molar-refractivity contribution in [2.75, 3.05) is 19.8 Å². The summed E-state index contributed by atoms with van der Waals surface area (Å²) in [6.45, 7) is 3.10. The number of benzene rings is 1. The Morgan fingerprint density at radius 2 is 1.62 bits per heavy atom. The molecule has 0 heterocycles. The van der Waals surface area contributed by atoms with Gasteiger partial charge in [0.15, 0.2) is 0 Å². The summed E-state index contributed by atoms with van der Waals surface area (Å²) in [5.41, 5.74) is 0. The second-order valence-corrected chi connectivity index (χ2v) is 6.47. The van der Waals surface area contributed by atoms with Crippen LogP contribution in [0.25, 0.3) is 0 Å². The summed E-state index contributed by atoms with van der Waals surface area (Å²) in [6, 6.07) is 4.46. The van der Waals surface area contributed by atoms with Crippen molar-refractivity contribution in [1.29, 1.82) is 0 Å². The molecule has 0 saturated heterocycles. The van der Waals surface area contributed by atoms with Crippen LogP contribution in [0.1, 0.15) is 32.6 Å². The molecule has 10 heteroatoms. The molecule has 0 amide bonds. The fourth-order valence-corrected chi connectivity index (χ4v) is 2.17. The molecule has 8 nitrogen and oxygen atoms in total. The molecule has 0 aliphatic carbocycles. The van der Waals surface area contributed by atoms with Gasteiger partial charge < -0.3 is 18.8 Å². The van der Waals surface area contributed by atoms with Gasteiger partial charge in [-0.15, -0.1) is 0 Å². The van der Waals surface area contributed by atoms with Crippen LogP contribution in [-0.2, 0) is 29.2 Å². The molecule has 1 rings (SSSR count). The Labute approximate surface area is 175 Å². The number of ether oxygens (including phenoxy) is 3. The Balaban J connectivity index is 0.00000625. The van der Waals surface area contributed by atoms with Crippen LogP contribution in [0.5, 0.6) is 5.75 Å². The molecule has 0 unspecified atom stereocenters. The first kappa shape index (κ1) is 25.0. The third-order valence-corrected chi connectivity index (χ3v) is 3.86. The van der Waals surface area contributed by atoms with Crippen LogP contribution in [0.3, 0.4) is 0 Å². The van der Waals surface area contributed by atoms with E-state index in [0.29, 0.717) is 13.2 Å². The topological polar surface area (TPSA) is 119 Å². The predicted molar refractivity (Wildman–Crippen MR) is 86.0 cm³/mol. The second kappa shape index (κ2) is 13.2. The van der Waals surface area contributed by atoms with E-state index < -0.39 is 27.0 Å². The Hall–Kier alpha value is -0.970. The molecule has 0 fully saturated rings. The second-order valence-electron chi connectivity index (χ2n) is 5.09. The molecule has 0 saturated carbocycles. The molecule has 0 spiro atoms. The number of carbonyl (C=O) groups excluding carboxylic acids is 2. The third-order valence-electron chi connectivity index (χ3n) is 3.01. The van der Waals surface area contributed by atoms with Crippen molar-refractivity contribution < 1.29 is 66.3 Å². The van der Waals surface area contributed by atoms with Crippen LogP contribution in [0.2, 0.25) is 0 Å². The molecular weight excluding hydrogens is 375 g/mol. The van der Waals surface area contributed by atoms with Gasteiger partial charge in [-0.2, -0.15) is 0 Å². The Bertz CT molecular complexity index is 657. The average Bonchev–Trinajstić information content (AvgIpc) is 2.56. The van der Waals surface area contributed by atoms with Gasteiger partial charge in [0, 0.05) is 6.61 Å². The van der Waals surface area contributed by atoms with Gasteiger partial charge in [-0.3, -0.25) is 9.59 Å². The van der Waals surface area contributed by atoms with Gasteiger partial charge in [-0.1, -0.05) is 13.3 Å². The van der Waals surface area contributed by atoms with Crippen LogP contribution >= 0.6 is 0 Å². The smallest absolute Gasteiger partial charge is 0.744 e. The van der Waals surface area contributed by atoms with Gasteiger partial charge in [0.1, 0.15) is 22.5 Å². The van der Waals surface area contributed by atoms with Gasteiger partial charge in [0.05, 0.1) is 24.3 Å². The standard InChI is InChI=1S/C16H22O8S.Na/c1-2-3-10-22-11-12-23-15(17)8-9-16(18)24-13-4-6-14(7-5-13)25(19,20)21;/h4-7H,2-3,8-12H2,1H3,(H,19,20,21);/q;+1/p-1. The first-order valence-corrected chi connectivity index (χ1v) is 9.23. The van der Waals surface area contributed by atoms with Gasteiger partial charge in [0.25, 0.3) is 0 Å². The summed E-state index contributed by atoms with van der Waals surface area (Å²) >= 11 is 0. The van der Waals surface area contributed by atoms with Crippen molar-refractivity contribution in [3.8, 4) is 5.75 Å². The van der Waals surface area contributed by atoms with E-state index in [1.165, 1.54) is 12.1 Å². The molecule has 0 N–H and O–H groups in total. The SMILES string of the molecule is CCCCOCCOC(=O)CCC(=O)Oc1ccc(S(=O)(=O)[O-])cc1.[Na+]. The zero-order chi connectivity index (χ0) is 18.7. The van der Waals surface area contributed by atoms with Crippen molar-refractivity contribution in [2.24, 2.45) is 0 Å². The van der Waals surface area contributed by atoms with Crippen molar-refractivity contribution in [1.82, 2.24) is 0 Å². The monoisotopic (exact) mass is 396 g/mol. The molecule has 0 radical (unpaired) electrons. The summed E-state index contributed by atoms with van der Waals surface area (Å²) < 4.78 is 47.4. The van der Waals surface area contributed by atoms with E-state index in [2.05, 4.69) is 0 Å². The maximum Gasteiger partial charge on any atom is 1.00 e. The summed E-state index contributed by atoms with van der Waals surface area (Å²) in [6.07, 6.45) is 1.65. The van der Waals surface area contributed by atoms with E-state index in [1.54, 1.807) is 0 Å². The Morgan fingerprint density at radius 3 is 2.19 bits per heavy atom. The third kappa shape index (κ3) is 10.9. The summed E-state index contributed by atoms with van der Waals surface area (Å²) in [7, 11) is -4.55. The number of hydrogen-bond acceptors (Lipinski definition) is 8. The summed E-state index contributed by atoms with van der Waals surface area (Å²) in [5.74, 6) is -1.13. The molecule has 0 aliphatic rings. The molecule has 0 aliphatic heterocycles. The largest absolute Gasteiger partial charge is 1.00 e. The van der Waals surface area contributed by atoms with E-state index in [1.807, 2.05) is 6.92 Å². The van der Waals surface area contributed by atoms with Gasteiger partial charge >= 0.3 is 41.5 Å². The number of unbranched alkanes of at least 4 members (excludes halogenated alkanes) is 1. The van der Waals surface area contributed by atoms with Crippen LogP contribution in [-0.4, -0.2) is 44.7 Å². The summed E-state index contributed by atoms with van der Waals surface area (Å²) in [4.78, 5) is 22.6. The Morgan fingerprint density at radius 1 is 1.00 bits per heavy atom. The van der Waals surface area contributed by atoms with Crippen molar-refractivity contribution >= 4 is 22.1 Å². The minimum atomic E-state index is -4.55.